The summed E-state index contributed by atoms with van der Waals surface area (Å²) in [6.07, 6.45) is 19.4. The van der Waals surface area contributed by atoms with Crippen molar-refractivity contribution in [2.75, 3.05) is 19.0 Å². The first-order chi connectivity index (χ1) is 26.0. The van der Waals surface area contributed by atoms with Crippen molar-refractivity contribution in [2.24, 2.45) is 11.8 Å². The Hall–Kier alpha value is -5.45. The molecule has 2 aromatic carbocycles. The molecule has 2 heterocycles. The Kier molecular flexibility index (Phi) is 12.5. The van der Waals surface area contributed by atoms with Crippen LogP contribution in [-0.4, -0.2) is 61.9 Å². The molecular weight excluding hydrogens is 681 g/mol. The molecular formula is C43H50N6O5. The van der Waals surface area contributed by atoms with E-state index >= 15 is 0 Å². The third-order valence-electron chi connectivity index (χ3n) is 10.1. The maximum Gasteiger partial charge on any atom is 0.326 e. The first-order valence-electron chi connectivity index (χ1n) is 18.9. The quantitative estimate of drug-likeness (QED) is 0.144. The van der Waals surface area contributed by atoms with Crippen LogP contribution >= 0.6 is 0 Å². The summed E-state index contributed by atoms with van der Waals surface area (Å²) in [5.41, 5.74) is 4.17. The zero-order valence-electron chi connectivity index (χ0n) is 31.7. The highest BCUT2D eigenvalue weighted by molar-refractivity contribution is 5.95. The van der Waals surface area contributed by atoms with Crippen LogP contribution < -0.4 is 10.1 Å². The molecule has 2 aromatic heterocycles. The van der Waals surface area contributed by atoms with Crippen LogP contribution in [0.3, 0.4) is 0 Å². The minimum Gasteiger partial charge on any atom is -0.497 e. The molecule has 2 aliphatic carbocycles. The van der Waals surface area contributed by atoms with Crippen molar-refractivity contribution in [3.63, 3.8) is 0 Å². The van der Waals surface area contributed by atoms with Crippen LogP contribution in [0.4, 0.5) is 5.82 Å². The van der Waals surface area contributed by atoms with Gasteiger partial charge in [0.1, 0.15) is 23.6 Å². The molecule has 0 spiro atoms. The second-order valence-corrected chi connectivity index (χ2v) is 15.3. The lowest BCUT2D eigenvalue weighted by molar-refractivity contribution is -0.155. The van der Waals surface area contributed by atoms with Crippen LogP contribution in [0.5, 0.6) is 5.75 Å². The molecule has 282 valence electrons. The van der Waals surface area contributed by atoms with Gasteiger partial charge in [-0.3, -0.25) is 14.4 Å². The Morgan fingerprint density at radius 2 is 1.50 bits per heavy atom. The summed E-state index contributed by atoms with van der Waals surface area (Å²) in [4.78, 5) is 58.5. The number of amides is 2. The third kappa shape index (κ3) is 10.6. The second kappa shape index (κ2) is 17.6. The number of anilines is 1. The maximum absolute atomic E-state index is 13.7. The lowest BCUT2D eigenvalue weighted by Crippen LogP contribution is -2.38. The smallest absolute Gasteiger partial charge is 0.326 e. The summed E-state index contributed by atoms with van der Waals surface area (Å²) in [5.74, 6) is 1.89. The van der Waals surface area contributed by atoms with Crippen LogP contribution in [0.2, 0.25) is 0 Å². The van der Waals surface area contributed by atoms with Crippen molar-refractivity contribution in [3.8, 4) is 17.1 Å². The standard InChI is InChI=1S/C43H50N6O5/c1-43(2,3)54-40(51)28-49(42(52)37-25-45-38(26-44-37)48-39(50)22-29-12-20-36(53-4)21-13-29)27-30-10-14-34(15-11-30)41-46-23-35(24-47-41)33-18-16-32(17-19-33)31-8-6-5-7-9-31/h10-15,18,20-21,23-26,31-32H,5-9,16-17,19,22,27-28H2,1-4H3,(H,45,48,50). The molecule has 6 rings (SSSR count). The van der Waals surface area contributed by atoms with E-state index in [1.165, 1.54) is 61.4 Å². The van der Waals surface area contributed by atoms with E-state index in [4.69, 9.17) is 19.4 Å². The van der Waals surface area contributed by atoms with Gasteiger partial charge in [0.25, 0.3) is 5.91 Å². The molecule has 1 unspecified atom stereocenters. The van der Waals surface area contributed by atoms with Crippen molar-refractivity contribution in [2.45, 2.75) is 90.7 Å². The molecule has 11 nitrogen and oxygen atoms in total. The lowest BCUT2D eigenvalue weighted by atomic mass is 9.73. The first kappa shape index (κ1) is 38.3. The fourth-order valence-corrected chi connectivity index (χ4v) is 7.28. The number of methoxy groups -OCH3 is 1. The minimum atomic E-state index is -0.723. The van der Waals surface area contributed by atoms with E-state index in [1.54, 1.807) is 40.0 Å². The number of esters is 1. The van der Waals surface area contributed by atoms with Gasteiger partial charge in [-0.2, -0.15) is 0 Å². The first-order valence-corrected chi connectivity index (χ1v) is 18.9. The lowest BCUT2D eigenvalue weighted by Gasteiger charge is -2.32. The van der Waals surface area contributed by atoms with Gasteiger partial charge in [-0.25, -0.2) is 19.9 Å². The van der Waals surface area contributed by atoms with Gasteiger partial charge < -0.3 is 19.7 Å². The van der Waals surface area contributed by atoms with E-state index in [1.807, 2.05) is 48.8 Å². The highest BCUT2D eigenvalue weighted by atomic mass is 16.6. The van der Waals surface area contributed by atoms with Gasteiger partial charge in [0, 0.05) is 30.1 Å². The Labute approximate surface area is 317 Å². The number of ether oxygens (including phenoxy) is 2. The van der Waals surface area contributed by atoms with Gasteiger partial charge in [-0.05, 0) is 80.7 Å². The fourth-order valence-electron chi connectivity index (χ4n) is 7.28. The van der Waals surface area contributed by atoms with Crippen molar-refractivity contribution >= 4 is 29.2 Å². The number of carbonyl (C=O) groups is 3. The molecule has 1 saturated carbocycles. The molecule has 4 aromatic rings. The number of benzene rings is 2. The summed E-state index contributed by atoms with van der Waals surface area (Å²) < 4.78 is 10.7. The number of hydrogen-bond acceptors (Lipinski definition) is 9. The molecule has 2 aliphatic rings. The molecule has 2 amide bonds. The normalized spacial score (nSPS) is 16.2. The fraction of sp³-hybridized carbons (Fsp3) is 0.419. The van der Waals surface area contributed by atoms with Crippen LogP contribution in [-0.2, 0) is 27.3 Å². The predicted molar refractivity (Wildman–Crippen MR) is 207 cm³/mol. The number of carbonyl (C=O) groups excluding carboxylic acids is 3. The van der Waals surface area contributed by atoms with E-state index in [0.29, 0.717) is 11.6 Å². The van der Waals surface area contributed by atoms with E-state index in [9.17, 15) is 14.4 Å². The van der Waals surface area contributed by atoms with E-state index < -0.39 is 17.5 Å². The van der Waals surface area contributed by atoms with Crippen LogP contribution in [0.25, 0.3) is 17.0 Å². The van der Waals surface area contributed by atoms with Crippen LogP contribution in [0, 0.1) is 11.8 Å². The summed E-state index contributed by atoms with van der Waals surface area (Å²) in [7, 11) is 1.58. The minimum absolute atomic E-state index is 0.0226. The predicted octanol–water partition coefficient (Wildman–Crippen LogP) is 7.87. The Bertz CT molecular complexity index is 1910. The largest absolute Gasteiger partial charge is 0.497 e. The average molecular weight is 731 g/mol. The van der Waals surface area contributed by atoms with E-state index in [-0.39, 0.29) is 36.9 Å². The van der Waals surface area contributed by atoms with Crippen molar-refractivity contribution in [1.82, 2.24) is 24.8 Å². The molecule has 0 bridgehead atoms. The van der Waals surface area contributed by atoms with E-state index in [0.717, 1.165) is 46.9 Å². The zero-order valence-corrected chi connectivity index (χ0v) is 31.7. The average Bonchev–Trinajstić information content (AvgIpc) is 3.18. The summed E-state index contributed by atoms with van der Waals surface area (Å²) in [6.45, 7) is 5.16. The topological polar surface area (TPSA) is 136 Å². The Morgan fingerprint density at radius 3 is 2.11 bits per heavy atom. The monoisotopic (exact) mass is 730 g/mol. The molecule has 54 heavy (non-hydrogen) atoms. The van der Waals surface area contributed by atoms with Gasteiger partial charge in [-0.1, -0.05) is 74.6 Å². The van der Waals surface area contributed by atoms with Crippen molar-refractivity contribution in [1.29, 1.82) is 0 Å². The number of allylic oxidation sites excluding steroid dienone is 2. The van der Waals surface area contributed by atoms with Gasteiger partial charge in [0.15, 0.2) is 11.6 Å². The van der Waals surface area contributed by atoms with Crippen LogP contribution in [0.1, 0.15) is 99.3 Å². The van der Waals surface area contributed by atoms with Gasteiger partial charge >= 0.3 is 5.97 Å². The highest BCUT2D eigenvalue weighted by Gasteiger charge is 2.27. The molecule has 0 saturated heterocycles. The third-order valence-corrected chi connectivity index (χ3v) is 10.1. The number of rotatable bonds is 12. The Morgan fingerprint density at radius 1 is 0.796 bits per heavy atom. The zero-order chi connectivity index (χ0) is 38.1. The summed E-state index contributed by atoms with van der Waals surface area (Å²) in [6, 6.07) is 14.8. The molecule has 0 radical (unpaired) electrons. The van der Waals surface area contributed by atoms with Crippen molar-refractivity contribution in [3.05, 3.63) is 102 Å². The van der Waals surface area contributed by atoms with Crippen LogP contribution in [0.15, 0.2) is 79.4 Å². The summed E-state index contributed by atoms with van der Waals surface area (Å²) >= 11 is 0. The second-order valence-electron chi connectivity index (χ2n) is 15.3. The van der Waals surface area contributed by atoms with Crippen molar-refractivity contribution < 1.29 is 23.9 Å². The molecule has 1 N–H and O–H groups in total. The summed E-state index contributed by atoms with van der Waals surface area (Å²) in [5, 5.41) is 2.71. The SMILES string of the molecule is COc1ccc(CC(=O)Nc2cnc(C(=O)N(CC(=O)OC(C)(C)C)Cc3ccc(-c4ncc(C5=CCC(C6CCCCC6)CC5)cn4)cc3)cn2)cc1. The van der Waals surface area contributed by atoms with Gasteiger partial charge in [0.2, 0.25) is 5.91 Å². The molecule has 11 heteroatoms. The number of nitrogens with zero attached hydrogens (tertiary/aromatic N) is 5. The molecule has 0 aliphatic heterocycles. The number of aromatic nitrogens is 4. The van der Waals surface area contributed by atoms with E-state index in [2.05, 4.69) is 21.4 Å². The molecule has 1 atom stereocenters. The van der Waals surface area contributed by atoms with Gasteiger partial charge in [0.05, 0.1) is 25.9 Å². The number of hydrogen-bond donors (Lipinski definition) is 1. The molecule has 1 fully saturated rings. The van der Waals surface area contributed by atoms with Gasteiger partial charge in [-0.15, -0.1) is 0 Å². The Balaban J connectivity index is 1.09. The number of nitrogens with one attached hydrogen (secondary N) is 1. The highest BCUT2D eigenvalue weighted by Crippen LogP contribution is 2.39. The maximum atomic E-state index is 13.7.